The molecule has 0 saturated heterocycles. The van der Waals surface area contributed by atoms with Crippen molar-refractivity contribution in [2.75, 3.05) is 12.4 Å². The maximum absolute atomic E-state index is 14.1. The number of esters is 1. The van der Waals surface area contributed by atoms with E-state index in [1.54, 1.807) is 29.6 Å². The Balaban J connectivity index is 1.76. The quantitative estimate of drug-likeness (QED) is 0.340. The maximum Gasteiger partial charge on any atom is 0.364 e. The van der Waals surface area contributed by atoms with Crippen molar-refractivity contribution in [3.8, 4) is 10.6 Å². The highest BCUT2D eigenvalue weighted by molar-refractivity contribution is 7.13. The molecule has 0 aliphatic carbocycles. The zero-order valence-electron chi connectivity index (χ0n) is 15.8. The molecule has 0 spiro atoms. The van der Waals surface area contributed by atoms with Crippen LogP contribution in [0, 0.1) is 0 Å². The second-order valence-electron chi connectivity index (χ2n) is 6.29. The molecule has 1 N–H and O–H groups in total. The average molecular weight is 463 g/mol. The SMILES string of the molecule is COC(=O)c1ccccc1NC(=O)c1cc2nc(-c3cccs3)cc(C(F)(F)Cl)n2n1. The number of hydrogen-bond donors (Lipinski definition) is 1. The summed E-state index contributed by atoms with van der Waals surface area (Å²) in [6, 6.07) is 12.1. The standard InChI is InChI=1S/C20H13ClF2N4O3S/c1-30-19(29)11-5-2-3-6-12(11)25-18(28)14-10-17-24-13(15-7-4-8-31-15)9-16(20(21,22)23)27(17)26-14/h2-10H,1H3,(H,25,28). The molecule has 0 aliphatic heterocycles. The lowest BCUT2D eigenvalue weighted by atomic mass is 10.1. The van der Waals surface area contributed by atoms with E-state index in [1.807, 2.05) is 0 Å². The fraction of sp³-hybridized carbons (Fsp3) is 0.100. The molecule has 158 valence electrons. The smallest absolute Gasteiger partial charge is 0.364 e. The number of alkyl halides is 3. The second kappa shape index (κ2) is 8.05. The van der Waals surface area contributed by atoms with Crippen molar-refractivity contribution in [2.45, 2.75) is 5.38 Å². The van der Waals surface area contributed by atoms with Gasteiger partial charge in [-0.2, -0.15) is 13.9 Å². The van der Waals surface area contributed by atoms with Gasteiger partial charge in [0.15, 0.2) is 11.3 Å². The number of hydrogen-bond acceptors (Lipinski definition) is 6. The van der Waals surface area contributed by atoms with Gasteiger partial charge in [0.2, 0.25) is 0 Å². The predicted octanol–water partition coefficient (Wildman–Crippen LogP) is 4.78. The van der Waals surface area contributed by atoms with Gasteiger partial charge in [0, 0.05) is 6.07 Å². The summed E-state index contributed by atoms with van der Waals surface area (Å²) >= 11 is 6.61. The van der Waals surface area contributed by atoms with Crippen molar-refractivity contribution in [2.24, 2.45) is 0 Å². The lowest BCUT2D eigenvalue weighted by Gasteiger charge is -2.11. The van der Waals surface area contributed by atoms with Gasteiger partial charge < -0.3 is 10.1 Å². The van der Waals surface area contributed by atoms with E-state index in [2.05, 4.69) is 15.4 Å². The van der Waals surface area contributed by atoms with Gasteiger partial charge in [-0.3, -0.25) is 4.79 Å². The number of carbonyl (C=O) groups is 2. The summed E-state index contributed by atoms with van der Waals surface area (Å²) in [6.45, 7) is 0. The lowest BCUT2D eigenvalue weighted by molar-refractivity contribution is 0.0601. The van der Waals surface area contributed by atoms with E-state index >= 15 is 0 Å². The molecule has 1 aromatic carbocycles. The summed E-state index contributed by atoms with van der Waals surface area (Å²) in [5, 5.41) is 4.54. The predicted molar refractivity (Wildman–Crippen MR) is 112 cm³/mol. The first-order chi connectivity index (χ1) is 14.8. The van der Waals surface area contributed by atoms with Gasteiger partial charge in [-0.15, -0.1) is 11.3 Å². The van der Waals surface area contributed by atoms with Crippen LogP contribution in [-0.2, 0) is 10.1 Å². The third-order valence-corrected chi connectivity index (χ3v) is 5.39. The first-order valence-electron chi connectivity index (χ1n) is 8.78. The third kappa shape index (κ3) is 4.12. The molecule has 0 fully saturated rings. The van der Waals surface area contributed by atoms with E-state index in [9.17, 15) is 18.4 Å². The van der Waals surface area contributed by atoms with E-state index in [4.69, 9.17) is 16.3 Å². The van der Waals surface area contributed by atoms with Gasteiger partial charge in [0.05, 0.1) is 28.9 Å². The molecule has 1 amide bonds. The van der Waals surface area contributed by atoms with Crippen LogP contribution in [0.1, 0.15) is 26.5 Å². The highest BCUT2D eigenvalue weighted by Crippen LogP contribution is 2.35. The minimum atomic E-state index is -3.75. The number of aromatic nitrogens is 3. The summed E-state index contributed by atoms with van der Waals surface area (Å²) in [5.74, 6) is -1.36. The first kappa shape index (κ1) is 20.9. The topological polar surface area (TPSA) is 85.6 Å². The zero-order chi connectivity index (χ0) is 22.2. The number of ether oxygens (including phenoxy) is 1. The number of fused-ring (bicyclic) bond motifs is 1. The Morgan fingerprint density at radius 2 is 1.97 bits per heavy atom. The van der Waals surface area contributed by atoms with E-state index in [1.165, 1.54) is 36.6 Å². The van der Waals surface area contributed by atoms with Crippen LogP contribution in [0.4, 0.5) is 14.5 Å². The van der Waals surface area contributed by atoms with E-state index in [0.717, 1.165) is 10.6 Å². The van der Waals surface area contributed by atoms with Crippen LogP contribution >= 0.6 is 22.9 Å². The Morgan fingerprint density at radius 1 is 1.19 bits per heavy atom. The minimum absolute atomic E-state index is 0.0210. The third-order valence-electron chi connectivity index (χ3n) is 4.30. The molecule has 0 atom stereocenters. The number of anilines is 1. The van der Waals surface area contributed by atoms with Crippen LogP contribution in [0.2, 0.25) is 0 Å². The summed E-state index contributed by atoms with van der Waals surface area (Å²) < 4.78 is 33.7. The number of benzene rings is 1. The summed E-state index contributed by atoms with van der Waals surface area (Å²) in [5.41, 5.74) is -0.192. The average Bonchev–Trinajstić information content (AvgIpc) is 3.42. The van der Waals surface area contributed by atoms with Crippen LogP contribution in [0.15, 0.2) is 53.9 Å². The highest BCUT2D eigenvalue weighted by atomic mass is 35.5. The van der Waals surface area contributed by atoms with Crippen molar-refractivity contribution in [3.63, 3.8) is 0 Å². The molecule has 4 aromatic rings. The molecule has 7 nitrogen and oxygen atoms in total. The number of amides is 1. The number of para-hydroxylation sites is 1. The largest absolute Gasteiger partial charge is 0.465 e. The Bertz CT molecular complexity index is 1290. The fourth-order valence-electron chi connectivity index (χ4n) is 2.90. The van der Waals surface area contributed by atoms with Gasteiger partial charge >= 0.3 is 11.4 Å². The van der Waals surface area contributed by atoms with Gasteiger partial charge in [0.25, 0.3) is 5.91 Å². The van der Waals surface area contributed by atoms with Crippen LogP contribution in [0.5, 0.6) is 0 Å². The molecule has 31 heavy (non-hydrogen) atoms. The summed E-state index contributed by atoms with van der Waals surface area (Å²) in [4.78, 5) is 29.6. The molecule has 0 saturated carbocycles. The molecular formula is C20H13ClF2N4O3S. The van der Waals surface area contributed by atoms with Crippen LogP contribution in [0.3, 0.4) is 0 Å². The molecule has 11 heteroatoms. The number of thiophene rings is 1. The number of methoxy groups -OCH3 is 1. The molecule has 0 radical (unpaired) electrons. The maximum atomic E-state index is 14.1. The Morgan fingerprint density at radius 3 is 2.65 bits per heavy atom. The van der Waals surface area contributed by atoms with Crippen molar-refractivity contribution >= 4 is 46.1 Å². The van der Waals surface area contributed by atoms with E-state index < -0.39 is 23.0 Å². The number of carbonyl (C=O) groups excluding carboxylic acids is 2. The van der Waals surface area contributed by atoms with E-state index in [-0.39, 0.29) is 28.3 Å². The minimum Gasteiger partial charge on any atom is -0.465 e. The number of rotatable bonds is 5. The molecule has 4 rings (SSSR count). The summed E-state index contributed by atoms with van der Waals surface area (Å²) in [7, 11) is 1.22. The number of nitrogens with one attached hydrogen (secondary N) is 1. The van der Waals surface area contributed by atoms with Crippen molar-refractivity contribution in [1.29, 1.82) is 0 Å². The van der Waals surface area contributed by atoms with Gasteiger partial charge in [0.1, 0.15) is 5.69 Å². The second-order valence-corrected chi connectivity index (χ2v) is 7.71. The van der Waals surface area contributed by atoms with Crippen molar-refractivity contribution < 1.29 is 23.1 Å². The van der Waals surface area contributed by atoms with Crippen molar-refractivity contribution in [1.82, 2.24) is 14.6 Å². The van der Waals surface area contributed by atoms with Gasteiger partial charge in [-0.1, -0.05) is 18.2 Å². The number of nitrogens with zero attached hydrogens (tertiary/aromatic N) is 3. The van der Waals surface area contributed by atoms with Gasteiger partial charge in [-0.25, -0.2) is 14.3 Å². The zero-order valence-corrected chi connectivity index (χ0v) is 17.4. The van der Waals surface area contributed by atoms with E-state index in [0.29, 0.717) is 4.88 Å². The normalized spacial score (nSPS) is 11.5. The lowest BCUT2D eigenvalue weighted by Crippen LogP contribution is -2.17. The molecular weight excluding hydrogens is 450 g/mol. The molecule has 0 unspecified atom stereocenters. The Labute approximate surface area is 183 Å². The van der Waals surface area contributed by atoms with Crippen LogP contribution < -0.4 is 5.32 Å². The first-order valence-corrected chi connectivity index (χ1v) is 10.0. The molecule has 0 aliphatic rings. The van der Waals surface area contributed by atoms with Crippen LogP contribution in [-0.4, -0.2) is 33.6 Å². The molecule has 3 heterocycles. The molecule has 3 aromatic heterocycles. The highest BCUT2D eigenvalue weighted by Gasteiger charge is 2.33. The fourth-order valence-corrected chi connectivity index (χ4v) is 3.73. The van der Waals surface area contributed by atoms with Crippen molar-refractivity contribution in [3.05, 3.63) is 70.9 Å². The monoisotopic (exact) mass is 462 g/mol. The summed E-state index contributed by atoms with van der Waals surface area (Å²) in [6.07, 6.45) is 0. The van der Waals surface area contributed by atoms with Crippen LogP contribution in [0.25, 0.3) is 16.2 Å². The Hall–Kier alpha value is -3.37. The molecule has 0 bridgehead atoms. The number of halogens is 3. The van der Waals surface area contributed by atoms with Gasteiger partial charge in [-0.05, 0) is 41.2 Å². The Kier molecular flexibility index (Phi) is 5.42.